The number of hydrogen-bond donors (Lipinski definition) is 2. The number of rotatable bonds is 4. The number of halogens is 1. The van der Waals surface area contributed by atoms with Crippen LogP contribution in [-0.2, 0) is 0 Å². The number of pyridine rings is 1. The Balaban J connectivity index is 2.00. The molecule has 5 nitrogen and oxygen atoms in total. The van der Waals surface area contributed by atoms with E-state index in [0.717, 1.165) is 16.6 Å². The number of furan rings is 1. The molecule has 1 aromatic carbocycles. The van der Waals surface area contributed by atoms with Crippen molar-refractivity contribution in [1.29, 1.82) is 0 Å². The van der Waals surface area contributed by atoms with Gasteiger partial charge >= 0.3 is 0 Å². The van der Waals surface area contributed by atoms with Crippen molar-refractivity contribution >= 4 is 40.0 Å². The molecule has 6 heteroatoms. The largest absolute Gasteiger partial charge is 0.464 e. The second-order valence-corrected chi connectivity index (χ2v) is 6.31. The van der Waals surface area contributed by atoms with Gasteiger partial charge in [0.1, 0.15) is 17.1 Å². The molecule has 0 atom stereocenters. The van der Waals surface area contributed by atoms with Gasteiger partial charge in [0.15, 0.2) is 0 Å². The fourth-order valence-electron chi connectivity index (χ4n) is 2.32. The fourth-order valence-corrected chi connectivity index (χ4v) is 2.50. The number of benzene rings is 1. The molecule has 3 aromatic rings. The summed E-state index contributed by atoms with van der Waals surface area (Å²) in [5.41, 5.74) is 2.68. The second-order valence-electron chi connectivity index (χ2n) is 5.91. The molecule has 3 rings (SSSR count). The van der Waals surface area contributed by atoms with Crippen molar-refractivity contribution in [1.82, 2.24) is 10.3 Å². The van der Waals surface area contributed by atoms with Crippen LogP contribution in [0.25, 0.3) is 11.0 Å². The van der Waals surface area contributed by atoms with Gasteiger partial charge in [-0.05, 0) is 44.5 Å². The van der Waals surface area contributed by atoms with E-state index in [2.05, 4.69) is 15.6 Å². The molecule has 0 saturated carbocycles. The lowest BCUT2D eigenvalue weighted by Gasteiger charge is -2.11. The third kappa shape index (κ3) is 3.36. The highest BCUT2D eigenvalue weighted by Gasteiger charge is 2.15. The minimum atomic E-state index is -0.242. The zero-order valence-electron chi connectivity index (χ0n) is 13.7. The Hall–Kier alpha value is -2.53. The molecule has 0 saturated heterocycles. The number of anilines is 2. The summed E-state index contributed by atoms with van der Waals surface area (Å²) >= 11 is 6.17. The van der Waals surface area contributed by atoms with Crippen molar-refractivity contribution < 1.29 is 9.21 Å². The number of hydrogen-bond acceptors (Lipinski definition) is 4. The number of fused-ring (bicyclic) bond motifs is 1. The first-order valence-electron chi connectivity index (χ1n) is 7.66. The van der Waals surface area contributed by atoms with E-state index in [4.69, 9.17) is 16.0 Å². The lowest BCUT2D eigenvalue weighted by molar-refractivity contribution is 0.0938. The van der Waals surface area contributed by atoms with Crippen LogP contribution in [-0.4, -0.2) is 16.9 Å². The third-order valence-corrected chi connectivity index (χ3v) is 3.94. The Morgan fingerprint density at radius 3 is 2.75 bits per heavy atom. The van der Waals surface area contributed by atoms with Crippen molar-refractivity contribution in [2.45, 2.75) is 26.8 Å². The maximum absolute atomic E-state index is 12.3. The van der Waals surface area contributed by atoms with E-state index < -0.39 is 0 Å². The summed E-state index contributed by atoms with van der Waals surface area (Å²) in [5, 5.41) is 7.51. The summed E-state index contributed by atoms with van der Waals surface area (Å²) in [5.74, 6) is 0.309. The summed E-state index contributed by atoms with van der Waals surface area (Å²) in [6.45, 7) is 5.74. The van der Waals surface area contributed by atoms with Crippen LogP contribution < -0.4 is 10.6 Å². The first-order valence-corrected chi connectivity index (χ1v) is 8.04. The topological polar surface area (TPSA) is 67.2 Å². The molecule has 0 unspecified atom stereocenters. The maximum atomic E-state index is 12.3. The molecule has 124 valence electrons. The van der Waals surface area contributed by atoms with Gasteiger partial charge < -0.3 is 15.1 Å². The van der Waals surface area contributed by atoms with E-state index in [1.165, 1.54) is 0 Å². The molecule has 0 aliphatic carbocycles. The molecule has 0 fully saturated rings. The van der Waals surface area contributed by atoms with Crippen molar-refractivity contribution in [2.24, 2.45) is 0 Å². The Labute approximate surface area is 145 Å². The summed E-state index contributed by atoms with van der Waals surface area (Å²) in [6, 6.07) is 9.14. The number of aromatic nitrogens is 1. The Kier molecular flexibility index (Phi) is 4.44. The predicted octanol–water partition coefficient (Wildman–Crippen LogP) is 4.67. The van der Waals surface area contributed by atoms with Gasteiger partial charge in [0, 0.05) is 22.8 Å². The average Bonchev–Trinajstić information content (AvgIpc) is 2.99. The molecule has 0 aliphatic rings. The van der Waals surface area contributed by atoms with Crippen LogP contribution in [0.15, 0.2) is 41.0 Å². The Morgan fingerprint density at radius 2 is 2.04 bits per heavy atom. The van der Waals surface area contributed by atoms with Crippen molar-refractivity contribution in [3.8, 4) is 0 Å². The molecule has 0 spiro atoms. The van der Waals surface area contributed by atoms with Gasteiger partial charge in [-0.25, -0.2) is 4.98 Å². The lowest BCUT2D eigenvalue weighted by atomic mass is 10.2. The summed E-state index contributed by atoms with van der Waals surface area (Å²) in [4.78, 5) is 16.7. The van der Waals surface area contributed by atoms with E-state index in [-0.39, 0.29) is 11.9 Å². The highest BCUT2D eigenvalue weighted by atomic mass is 35.5. The monoisotopic (exact) mass is 343 g/mol. The van der Waals surface area contributed by atoms with E-state index in [9.17, 15) is 4.79 Å². The van der Waals surface area contributed by atoms with Crippen LogP contribution >= 0.6 is 11.6 Å². The van der Waals surface area contributed by atoms with Crippen LogP contribution in [0.1, 0.15) is 29.9 Å². The van der Waals surface area contributed by atoms with Gasteiger partial charge in [0.25, 0.3) is 5.91 Å². The number of aryl methyl sites for hydroxylation is 1. The van der Waals surface area contributed by atoms with Crippen LogP contribution in [0, 0.1) is 6.92 Å². The van der Waals surface area contributed by atoms with Crippen molar-refractivity contribution in [3.63, 3.8) is 0 Å². The zero-order valence-corrected chi connectivity index (χ0v) is 14.4. The SMILES string of the molecule is Cc1ccc(Nc2nc(C(=O)NC(C)C)cc3occc23)cc1Cl. The fraction of sp³-hybridized carbons (Fsp3) is 0.222. The quantitative estimate of drug-likeness (QED) is 0.722. The minimum absolute atomic E-state index is 0.0268. The van der Waals surface area contributed by atoms with E-state index >= 15 is 0 Å². The minimum Gasteiger partial charge on any atom is -0.464 e. The predicted molar refractivity (Wildman–Crippen MR) is 96.1 cm³/mol. The van der Waals surface area contributed by atoms with E-state index in [1.807, 2.05) is 45.0 Å². The van der Waals surface area contributed by atoms with Crippen molar-refractivity contribution in [2.75, 3.05) is 5.32 Å². The summed E-state index contributed by atoms with van der Waals surface area (Å²) < 4.78 is 5.45. The number of amides is 1. The van der Waals surface area contributed by atoms with Crippen LogP contribution in [0.5, 0.6) is 0 Å². The van der Waals surface area contributed by atoms with Crippen LogP contribution in [0.4, 0.5) is 11.5 Å². The van der Waals surface area contributed by atoms with Gasteiger partial charge in [0.05, 0.1) is 11.6 Å². The molecular weight excluding hydrogens is 326 g/mol. The number of carbonyl (C=O) groups is 1. The maximum Gasteiger partial charge on any atom is 0.270 e. The molecule has 0 aliphatic heterocycles. The van der Waals surface area contributed by atoms with Gasteiger partial charge in [-0.15, -0.1) is 0 Å². The number of carbonyl (C=O) groups excluding carboxylic acids is 1. The molecular formula is C18H18ClN3O2. The highest BCUT2D eigenvalue weighted by Crippen LogP contribution is 2.28. The normalized spacial score (nSPS) is 11.0. The molecule has 24 heavy (non-hydrogen) atoms. The van der Waals surface area contributed by atoms with Crippen LogP contribution in [0.2, 0.25) is 5.02 Å². The van der Waals surface area contributed by atoms with Gasteiger partial charge in [0.2, 0.25) is 0 Å². The molecule has 0 radical (unpaired) electrons. The standard InChI is InChI=1S/C18H18ClN3O2/c1-10(2)20-18(23)15-9-16-13(6-7-24-16)17(22-15)21-12-5-4-11(3)14(19)8-12/h4-10H,1-3H3,(H,20,23)(H,21,22). The molecule has 2 aromatic heterocycles. The van der Waals surface area contributed by atoms with Crippen molar-refractivity contribution in [3.05, 3.63) is 52.9 Å². The lowest BCUT2D eigenvalue weighted by Crippen LogP contribution is -2.30. The third-order valence-electron chi connectivity index (χ3n) is 3.54. The second kappa shape index (κ2) is 6.53. The molecule has 1 amide bonds. The average molecular weight is 344 g/mol. The first-order chi connectivity index (χ1) is 11.4. The molecule has 0 bridgehead atoms. The summed E-state index contributed by atoms with van der Waals surface area (Å²) in [6.07, 6.45) is 1.57. The zero-order chi connectivity index (χ0) is 17.3. The van der Waals surface area contributed by atoms with Gasteiger partial charge in [-0.1, -0.05) is 17.7 Å². The first kappa shape index (κ1) is 16.3. The number of nitrogens with zero attached hydrogens (tertiary/aromatic N) is 1. The molecule has 2 N–H and O–H groups in total. The summed E-state index contributed by atoms with van der Waals surface area (Å²) in [7, 11) is 0. The Bertz CT molecular complexity index is 902. The smallest absolute Gasteiger partial charge is 0.270 e. The Morgan fingerprint density at radius 1 is 1.25 bits per heavy atom. The number of nitrogens with one attached hydrogen (secondary N) is 2. The van der Waals surface area contributed by atoms with E-state index in [1.54, 1.807) is 12.3 Å². The highest BCUT2D eigenvalue weighted by molar-refractivity contribution is 6.31. The van der Waals surface area contributed by atoms with Crippen LogP contribution in [0.3, 0.4) is 0 Å². The van der Waals surface area contributed by atoms with Gasteiger partial charge in [-0.3, -0.25) is 4.79 Å². The molecule has 2 heterocycles. The van der Waals surface area contributed by atoms with Gasteiger partial charge in [-0.2, -0.15) is 0 Å². The van der Waals surface area contributed by atoms with E-state index in [0.29, 0.717) is 22.1 Å².